The van der Waals surface area contributed by atoms with E-state index in [-0.39, 0.29) is 42.3 Å². The van der Waals surface area contributed by atoms with Crippen LogP contribution in [-0.4, -0.2) is 41.1 Å². The Bertz CT molecular complexity index is 511. The second kappa shape index (κ2) is 11.5. The number of phenolic OH excluding ortho intramolecular Hbond substituents is 1. The second-order valence-electron chi connectivity index (χ2n) is 5.80. The van der Waals surface area contributed by atoms with Crippen molar-refractivity contribution in [2.24, 2.45) is 0 Å². The molecule has 0 unspecified atom stereocenters. The van der Waals surface area contributed by atoms with Crippen LogP contribution in [0.2, 0.25) is 0 Å². The minimum Gasteiger partial charge on any atom is -0.508 e. The zero-order valence-electron chi connectivity index (χ0n) is 13.9. The van der Waals surface area contributed by atoms with E-state index >= 15 is 0 Å². The number of aromatic hydroxyl groups is 1. The Balaban J connectivity index is 0.00000264. The molecule has 0 spiro atoms. The van der Waals surface area contributed by atoms with Gasteiger partial charge in [-0.3, -0.25) is 15.0 Å². The molecule has 1 heterocycles. The van der Waals surface area contributed by atoms with Gasteiger partial charge in [-0.25, -0.2) is 0 Å². The number of nitro benzene ring substituents is 1. The summed E-state index contributed by atoms with van der Waals surface area (Å²) >= 11 is 0. The molecule has 2 N–H and O–H groups in total. The number of nitrogens with one attached hydrogen (secondary N) is 1. The third kappa shape index (κ3) is 6.09. The highest BCUT2D eigenvalue weighted by Crippen LogP contribution is 2.35. The zero-order valence-corrected chi connectivity index (χ0v) is 15.6. The second-order valence-corrected chi connectivity index (χ2v) is 5.80. The van der Waals surface area contributed by atoms with Crippen LogP contribution >= 0.6 is 24.8 Å². The van der Waals surface area contributed by atoms with Crippen LogP contribution in [0, 0.1) is 10.1 Å². The molecular formula is C16H27Cl2N3O3. The number of rotatable bonds is 7. The highest BCUT2D eigenvalue weighted by Gasteiger charge is 2.25. The van der Waals surface area contributed by atoms with Gasteiger partial charge in [-0.05, 0) is 12.5 Å². The zero-order chi connectivity index (χ0) is 15.9. The molecular weight excluding hydrogens is 353 g/mol. The molecule has 1 aromatic carbocycles. The lowest BCUT2D eigenvalue weighted by Crippen LogP contribution is -2.45. The summed E-state index contributed by atoms with van der Waals surface area (Å²) < 4.78 is 0. The van der Waals surface area contributed by atoms with Crippen molar-refractivity contribution in [2.75, 3.05) is 26.2 Å². The molecule has 0 bridgehead atoms. The molecule has 138 valence electrons. The molecule has 6 nitrogen and oxygen atoms in total. The summed E-state index contributed by atoms with van der Waals surface area (Å²) in [5, 5.41) is 24.6. The van der Waals surface area contributed by atoms with Gasteiger partial charge in [0, 0.05) is 49.9 Å². The van der Waals surface area contributed by atoms with E-state index in [1.807, 2.05) is 0 Å². The lowest BCUT2D eigenvalue weighted by atomic mass is 9.96. The lowest BCUT2D eigenvalue weighted by molar-refractivity contribution is -0.385. The van der Waals surface area contributed by atoms with Gasteiger partial charge in [0.25, 0.3) is 5.69 Å². The molecule has 0 saturated carbocycles. The largest absolute Gasteiger partial charge is 0.508 e. The Hall–Kier alpha value is -1.08. The van der Waals surface area contributed by atoms with Crippen molar-refractivity contribution in [3.8, 4) is 5.75 Å². The monoisotopic (exact) mass is 379 g/mol. The smallest absolute Gasteiger partial charge is 0.270 e. The van der Waals surface area contributed by atoms with Gasteiger partial charge in [-0.15, -0.1) is 24.8 Å². The molecule has 24 heavy (non-hydrogen) atoms. The average molecular weight is 380 g/mol. The number of nitro groups is 1. The molecule has 0 aromatic heterocycles. The van der Waals surface area contributed by atoms with Crippen molar-refractivity contribution in [1.29, 1.82) is 0 Å². The fourth-order valence-corrected chi connectivity index (χ4v) is 3.04. The van der Waals surface area contributed by atoms with Crippen molar-refractivity contribution in [3.05, 3.63) is 33.9 Å². The number of halogens is 2. The Kier molecular flexibility index (Phi) is 11.0. The van der Waals surface area contributed by atoms with Crippen LogP contribution in [0.15, 0.2) is 18.2 Å². The van der Waals surface area contributed by atoms with Crippen LogP contribution in [-0.2, 0) is 0 Å². The minimum atomic E-state index is -0.399. The van der Waals surface area contributed by atoms with E-state index < -0.39 is 4.92 Å². The van der Waals surface area contributed by atoms with E-state index in [1.165, 1.54) is 18.2 Å². The summed E-state index contributed by atoms with van der Waals surface area (Å²) in [6.45, 7) is 5.79. The van der Waals surface area contributed by atoms with Crippen molar-refractivity contribution in [1.82, 2.24) is 10.2 Å². The van der Waals surface area contributed by atoms with Gasteiger partial charge < -0.3 is 10.4 Å². The molecule has 1 fully saturated rings. The van der Waals surface area contributed by atoms with Crippen molar-refractivity contribution in [3.63, 3.8) is 0 Å². The van der Waals surface area contributed by atoms with Crippen LogP contribution in [0.25, 0.3) is 0 Å². The standard InChI is InChI=1S/C16H25N3O3.2ClH/c1-2-3-4-5-15(18-10-8-17-9-11-18)14-12-13(19(21)22)6-7-16(14)20;;/h6-7,12,15,17,20H,2-5,8-11H2,1H3;2*1H/t15-;;/m0../s1. The Morgan fingerprint density at radius 2 is 1.96 bits per heavy atom. The number of unbranched alkanes of at least 4 members (excludes halogenated alkanes) is 2. The maximum absolute atomic E-state index is 11.0. The van der Waals surface area contributed by atoms with Gasteiger partial charge in [0.05, 0.1) is 4.92 Å². The first kappa shape index (κ1) is 22.9. The molecule has 0 radical (unpaired) electrons. The highest BCUT2D eigenvalue weighted by atomic mass is 35.5. The maximum atomic E-state index is 11.0. The van der Waals surface area contributed by atoms with E-state index in [0.29, 0.717) is 5.56 Å². The summed E-state index contributed by atoms with van der Waals surface area (Å²) in [7, 11) is 0. The molecule has 1 atom stereocenters. The van der Waals surface area contributed by atoms with E-state index in [2.05, 4.69) is 17.1 Å². The quantitative estimate of drug-likeness (QED) is 0.429. The normalized spacial score (nSPS) is 15.9. The van der Waals surface area contributed by atoms with Gasteiger partial charge in [-0.1, -0.05) is 26.2 Å². The SMILES string of the molecule is CCCCC[C@@H](c1cc([N+](=O)[O-])ccc1O)N1CCNCC1.Cl.Cl. The van der Waals surface area contributed by atoms with Crippen LogP contribution < -0.4 is 5.32 Å². The van der Waals surface area contributed by atoms with Crippen LogP contribution in [0.5, 0.6) is 5.75 Å². The number of hydrogen-bond donors (Lipinski definition) is 2. The van der Waals surface area contributed by atoms with E-state index in [4.69, 9.17) is 0 Å². The number of non-ortho nitro benzene ring substituents is 1. The molecule has 1 aromatic rings. The summed E-state index contributed by atoms with van der Waals surface area (Å²) in [6.07, 6.45) is 4.25. The molecule has 0 aliphatic carbocycles. The van der Waals surface area contributed by atoms with Crippen LogP contribution in [0.3, 0.4) is 0 Å². The fourth-order valence-electron chi connectivity index (χ4n) is 3.04. The molecule has 1 aliphatic rings. The minimum absolute atomic E-state index is 0. The average Bonchev–Trinajstić information content (AvgIpc) is 2.53. The summed E-state index contributed by atoms with van der Waals surface area (Å²) in [5.41, 5.74) is 0.732. The topological polar surface area (TPSA) is 78.6 Å². The number of phenols is 1. The molecule has 8 heteroatoms. The summed E-state index contributed by atoms with van der Waals surface area (Å²) in [6, 6.07) is 4.39. The first-order chi connectivity index (χ1) is 10.6. The van der Waals surface area contributed by atoms with Crippen LogP contribution in [0.4, 0.5) is 5.69 Å². The molecule has 2 rings (SSSR count). The third-order valence-corrected chi connectivity index (χ3v) is 4.25. The Labute approximate surface area is 155 Å². The number of nitrogens with zero attached hydrogens (tertiary/aromatic N) is 2. The third-order valence-electron chi connectivity index (χ3n) is 4.25. The van der Waals surface area contributed by atoms with Crippen molar-refractivity contribution in [2.45, 2.75) is 38.6 Å². The van der Waals surface area contributed by atoms with Crippen molar-refractivity contribution >= 4 is 30.5 Å². The van der Waals surface area contributed by atoms with Crippen LogP contribution in [0.1, 0.15) is 44.2 Å². The van der Waals surface area contributed by atoms with Gasteiger partial charge in [0.1, 0.15) is 5.75 Å². The molecule has 0 amide bonds. The summed E-state index contributed by atoms with van der Waals surface area (Å²) in [4.78, 5) is 12.9. The number of hydrogen-bond acceptors (Lipinski definition) is 5. The number of benzene rings is 1. The van der Waals surface area contributed by atoms with E-state index in [0.717, 1.165) is 51.9 Å². The first-order valence-corrected chi connectivity index (χ1v) is 8.05. The maximum Gasteiger partial charge on any atom is 0.270 e. The molecule has 1 aliphatic heterocycles. The fraction of sp³-hybridized carbons (Fsp3) is 0.625. The highest BCUT2D eigenvalue weighted by molar-refractivity contribution is 5.85. The van der Waals surface area contributed by atoms with Crippen molar-refractivity contribution < 1.29 is 10.0 Å². The predicted molar refractivity (Wildman–Crippen MR) is 101 cm³/mol. The van der Waals surface area contributed by atoms with Gasteiger partial charge >= 0.3 is 0 Å². The van der Waals surface area contributed by atoms with Gasteiger partial charge in [-0.2, -0.15) is 0 Å². The first-order valence-electron chi connectivity index (χ1n) is 8.05. The summed E-state index contributed by atoms with van der Waals surface area (Å²) in [5.74, 6) is 0.158. The Morgan fingerprint density at radius 3 is 2.54 bits per heavy atom. The van der Waals surface area contributed by atoms with Gasteiger partial charge in [0.15, 0.2) is 0 Å². The lowest BCUT2D eigenvalue weighted by Gasteiger charge is -2.35. The van der Waals surface area contributed by atoms with E-state index in [1.54, 1.807) is 0 Å². The van der Waals surface area contributed by atoms with E-state index in [9.17, 15) is 15.2 Å². The number of piperazine rings is 1. The van der Waals surface area contributed by atoms with Gasteiger partial charge in [0.2, 0.25) is 0 Å². The Morgan fingerprint density at radius 1 is 1.29 bits per heavy atom. The predicted octanol–water partition coefficient (Wildman–Crippen LogP) is 3.67. The molecule has 1 saturated heterocycles.